The third-order valence-corrected chi connectivity index (χ3v) is 3.82. The molecule has 0 unspecified atom stereocenters. The van der Waals surface area contributed by atoms with E-state index in [0.29, 0.717) is 5.92 Å². The summed E-state index contributed by atoms with van der Waals surface area (Å²) in [5, 5.41) is 0. The molecule has 17 heavy (non-hydrogen) atoms. The van der Waals surface area contributed by atoms with Gasteiger partial charge in [-0.05, 0) is 31.6 Å². The van der Waals surface area contributed by atoms with Crippen molar-refractivity contribution in [3.63, 3.8) is 0 Å². The van der Waals surface area contributed by atoms with Gasteiger partial charge < -0.3 is 9.88 Å². The van der Waals surface area contributed by atoms with Crippen LogP contribution in [0.2, 0.25) is 0 Å². The number of anilines is 1. The Balaban J connectivity index is 1.84. The summed E-state index contributed by atoms with van der Waals surface area (Å²) in [5.74, 6) is 3.08. The standard InChI is InChI=1S/C13H19N3O/c1-9-4-6-16(7-5-9)11-8-12(17)15-13(14-11)10-2-3-10/h8-10H,2-7H2,1H3,(H,14,15,17). The van der Waals surface area contributed by atoms with Crippen molar-refractivity contribution in [3.8, 4) is 0 Å². The van der Waals surface area contributed by atoms with Crippen molar-refractivity contribution in [1.82, 2.24) is 9.97 Å². The number of nitrogens with zero attached hydrogens (tertiary/aromatic N) is 2. The zero-order valence-corrected chi connectivity index (χ0v) is 10.3. The molecule has 3 rings (SSSR count). The number of rotatable bonds is 2. The van der Waals surface area contributed by atoms with E-state index in [1.165, 1.54) is 25.7 Å². The van der Waals surface area contributed by atoms with Gasteiger partial charge in [0.15, 0.2) is 0 Å². The highest BCUT2D eigenvalue weighted by Crippen LogP contribution is 2.38. The Morgan fingerprint density at radius 3 is 2.65 bits per heavy atom. The minimum Gasteiger partial charge on any atom is -0.356 e. The molecule has 0 atom stereocenters. The molecule has 4 heteroatoms. The molecule has 1 aliphatic carbocycles. The lowest BCUT2D eigenvalue weighted by Crippen LogP contribution is -2.34. The Bertz CT molecular complexity index is 456. The summed E-state index contributed by atoms with van der Waals surface area (Å²) in [7, 11) is 0. The lowest BCUT2D eigenvalue weighted by Gasteiger charge is -2.31. The van der Waals surface area contributed by atoms with Gasteiger partial charge >= 0.3 is 0 Å². The average Bonchev–Trinajstić information content (AvgIpc) is 3.13. The highest BCUT2D eigenvalue weighted by molar-refractivity contribution is 5.38. The predicted molar refractivity (Wildman–Crippen MR) is 67.4 cm³/mol. The fourth-order valence-electron chi connectivity index (χ4n) is 2.41. The van der Waals surface area contributed by atoms with Crippen molar-refractivity contribution >= 4 is 5.82 Å². The minimum atomic E-state index is -0.00415. The molecule has 1 saturated carbocycles. The van der Waals surface area contributed by atoms with Crippen molar-refractivity contribution in [1.29, 1.82) is 0 Å². The normalized spacial score (nSPS) is 21.8. The van der Waals surface area contributed by atoms with E-state index in [-0.39, 0.29) is 5.56 Å². The van der Waals surface area contributed by atoms with E-state index in [4.69, 9.17) is 0 Å². The largest absolute Gasteiger partial charge is 0.356 e. The number of piperidine rings is 1. The second-order valence-corrected chi connectivity index (χ2v) is 5.43. The van der Waals surface area contributed by atoms with Crippen molar-refractivity contribution < 1.29 is 0 Å². The van der Waals surface area contributed by atoms with Gasteiger partial charge in [-0.15, -0.1) is 0 Å². The smallest absolute Gasteiger partial charge is 0.252 e. The predicted octanol–water partition coefficient (Wildman–Crippen LogP) is 1.88. The van der Waals surface area contributed by atoms with Crippen LogP contribution in [0.25, 0.3) is 0 Å². The van der Waals surface area contributed by atoms with E-state index in [9.17, 15) is 4.79 Å². The molecule has 0 amide bonds. The van der Waals surface area contributed by atoms with Crippen LogP contribution in [0, 0.1) is 5.92 Å². The topological polar surface area (TPSA) is 49.0 Å². The molecule has 2 fully saturated rings. The highest BCUT2D eigenvalue weighted by atomic mass is 16.1. The Morgan fingerprint density at radius 1 is 1.29 bits per heavy atom. The third kappa shape index (κ3) is 2.35. The summed E-state index contributed by atoms with van der Waals surface area (Å²) in [6, 6.07) is 1.64. The van der Waals surface area contributed by atoms with Crippen LogP contribution in [0.4, 0.5) is 5.82 Å². The van der Waals surface area contributed by atoms with Crippen LogP contribution in [0.3, 0.4) is 0 Å². The summed E-state index contributed by atoms with van der Waals surface area (Å²) in [6.07, 6.45) is 4.74. The van der Waals surface area contributed by atoms with Gasteiger partial charge in [0.1, 0.15) is 11.6 Å². The molecule has 1 aliphatic heterocycles. The maximum absolute atomic E-state index is 11.6. The summed E-state index contributed by atoms with van der Waals surface area (Å²) < 4.78 is 0. The molecule has 2 heterocycles. The Morgan fingerprint density at radius 2 is 2.00 bits per heavy atom. The summed E-state index contributed by atoms with van der Waals surface area (Å²) in [5.41, 5.74) is -0.00415. The molecular formula is C13H19N3O. The molecule has 1 aromatic rings. The second-order valence-electron chi connectivity index (χ2n) is 5.43. The number of nitrogens with one attached hydrogen (secondary N) is 1. The van der Waals surface area contributed by atoms with Gasteiger partial charge in [-0.25, -0.2) is 4.98 Å². The average molecular weight is 233 g/mol. The van der Waals surface area contributed by atoms with E-state index in [2.05, 4.69) is 21.8 Å². The van der Waals surface area contributed by atoms with Gasteiger partial charge in [-0.1, -0.05) is 6.92 Å². The van der Waals surface area contributed by atoms with E-state index in [0.717, 1.165) is 30.6 Å². The van der Waals surface area contributed by atoms with Gasteiger partial charge in [0.05, 0.1) is 0 Å². The monoisotopic (exact) mass is 233 g/mol. The minimum absolute atomic E-state index is 0.00415. The fraction of sp³-hybridized carbons (Fsp3) is 0.692. The summed E-state index contributed by atoms with van der Waals surface area (Å²) in [6.45, 7) is 4.35. The number of H-pyrrole nitrogens is 1. The van der Waals surface area contributed by atoms with Crippen LogP contribution in [0.1, 0.15) is 44.3 Å². The van der Waals surface area contributed by atoms with Gasteiger partial charge in [0.25, 0.3) is 5.56 Å². The quantitative estimate of drug-likeness (QED) is 0.848. The molecule has 2 aliphatic rings. The van der Waals surface area contributed by atoms with Crippen molar-refractivity contribution in [2.75, 3.05) is 18.0 Å². The molecule has 1 saturated heterocycles. The number of hydrogen-bond donors (Lipinski definition) is 1. The maximum Gasteiger partial charge on any atom is 0.252 e. The molecule has 0 aromatic carbocycles. The van der Waals surface area contributed by atoms with E-state index in [1.54, 1.807) is 6.07 Å². The van der Waals surface area contributed by atoms with Crippen LogP contribution in [0.5, 0.6) is 0 Å². The fourth-order valence-corrected chi connectivity index (χ4v) is 2.41. The Kier molecular flexibility index (Phi) is 2.65. The Labute approximate surface area is 101 Å². The van der Waals surface area contributed by atoms with Crippen molar-refractivity contribution in [2.45, 2.75) is 38.5 Å². The molecule has 1 aromatic heterocycles. The third-order valence-electron chi connectivity index (χ3n) is 3.82. The molecular weight excluding hydrogens is 214 g/mol. The summed E-state index contributed by atoms with van der Waals surface area (Å²) in [4.78, 5) is 21.4. The van der Waals surface area contributed by atoms with Crippen molar-refractivity contribution in [2.24, 2.45) is 5.92 Å². The lowest BCUT2D eigenvalue weighted by molar-refractivity contribution is 0.436. The molecule has 0 radical (unpaired) electrons. The van der Waals surface area contributed by atoms with Gasteiger partial charge in [0, 0.05) is 25.1 Å². The first-order valence-electron chi connectivity index (χ1n) is 6.58. The zero-order valence-electron chi connectivity index (χ0n) is 10.3. The van der Waals surface area contributed by atoms with Gasteiger partial charge in [-0.3, -0.25) is 4.79 Å². The molecule has 92 valence electrons. The van der Waals surface area contributed by atoms with Crippen LogP contribution in [0.15, 0.2) is 10.9 Å². The highest BCUT2D eigenvalue weighted by Gasteiger charge is 2.27. The molecule has 1 N–H and O–H groups in total. The lowest BCUT2D eigenvalue weighted by atomic mass is 9.99. The van der Waals surface area contributed by atoms with E-state index >= 15 is 0 Å². The zero-order chi connectivity index (χ0) is 11.8. The first kappa shape index (κ1) is 10.8. The molecule has 0 bridgehead atoms. The maximum atomic E-state index is 11.6. The van der Waals surface area contributed by atoms with Crippen LogP contribution < -0.4 is 10.5 Å². The van der Waals surface area contributed by atoms with Crippen molar-refractivity contribution in [3.05, 3.63) is 22.2 Å². The van der Waals surface area contributed by atoms with Crippen LogP contribution in [-0.4, -0.2) is 23.1 Å². The number of aromatic amines is 1. The summed E-state index contributed by atoms with van der Waals surface area (Å²) >= 11 is 0. The first-order chi connectivity index (χ1) is 8.22. The first-order valence-corrected chi connectivity index (χ1v) is 6.58. The van der Waals surface area contributed by atoms with Crippen LogP contribution >= 0.6 is 0 Å². The van der Waals surface area contributed by atoms with Crippen LogP contribution in [-0.2, 0) is 0 Å². The van der Waals surface area contributed by atoms with E-state index in [1.807, 2.05) is 0 Å². The van der Waals surface area contributed by atoms with Gasteiger partial charge in [0.2, 0.25) is 0 Å². The van der Waals surface area contributed by atoms with E-state index < -0.39 is 0 Å². The molecule has 0 spiro atoms. The Hall–Kier alpha value is -1.32. The SMILES string of the molecule is CC1CCN(c2cc(=O)[nH]c(C3CC3)n2)CC1. The second kappa shape index (κ2) is 4.17. The number of aromatic nitrogens is 2. The van der Waals surface area contributed by atoms with Gasteiger partial charge in [-0.2, -0.15) is 0 Å². The number of hydrogen-bond acceptors (Lipinski definition) is 3. The molecule has 4 nitrogen and oxygen atoms in total.